The van der Waals surface area contributed by atoms with Crippen LogP contribution in [-0.4, -0.2) is 12.3 Å². The Kier molecular flexibility index (Phi) is 7.67. The molecule has 0 heterocycles. The molecule has 0 saturated heterocycles. The molecule has 0 aromatic heterocycles. The molecule has 0 aliphatic carbocycles. The van der Waals surface area contributed by atoms with Crippen molar-refractivity contribution in [2.45, 2.75) is 33.2 Å². The fraction of sp³-hybridized carbons (Fsp3) is 0.273. The minimum absolute atomic E-state index is 0.0711. The summed E-state index contributed by atoms with van der Waals surface area (Å²) in [6.45, 7) is 6.23. The predicted molar refractivity (Wildman–Crippen MR) is 115 cm³/mol. The molecule has 4 nitrogen and oxygen atoms in total. The number of nitrogens with one attached hydrogen (secondary N) is 2. The predicted octanol–water partition coefficient (Wildman–Crippen LogP) is 5.37. The molecule has 28 heavy (non-hydrogen) atoms. The van der Waals surface area contributed by atoms with Crippen molar-refractivity contribution >= 4 is 41.6 Å². The van der Waals surface area contributed by atoms with Gasteiger partial charge >= 0.3 is 0 Å². The van der Waals surface area contributed by atoms with Gasteiger partial charge in [-0.25, -0.2) is 0 Å². The van der Waals surface area contributed by atoms with Gasteiger partial charge in [0.15, 0.2) is 0 Å². The molecule has 0 saturated carbocycles. The largest absolute Gasteiger partial charge is 0.343 e. The van der Waals surface area contributed by atoms with E-state index in [2.05, 4.69) is 31.4 Å². The highest BCUT2D eigenvalue weighted by Crippen LogP contribution is 2.28. The Morgan fingerprint density at radius 2 is 1.79 bits per heavy atom. The summed E-state index contributed by atoms with van der Waals surface area (Å²) in [6.07, 6.45) is 2.98. The van der Waals surface area contributed by atoms with E-state index in [9.17, 15) is 9.59 Å². The maximum atomic E-state index is 12.9. The zero-order valence-electron chi connectivity index (χ0n) is 16.1. The Bertz CT molecular complexity index is 859. The second-order valence-electron chi connectivity index (χ2n) is 7.69. The number of allylic oxidation sites excluding steroid dienone is 1. The lowest BCUT2D eigenvalue weighted by molar-refractivity contribution is -0.125. The molecule has 0 aliphatic rings. The van der Waals surface area contributed by atoms with E-state index < -0.39 is 6.04 Å². The van der Waals surface area contributed by atoms with Gasteiger partial charge in [-0.1, -0.05) is 80.4 Å². The molecule has 0 unspecified atom stereocenters. The van der Waals surface area contributed by atoms with Gasteiger partial charge < -0.3 is 10.6 Å². The third-order valence-corrected chi connectivity index (χ3v) is 4.49. The van der Waals surface area contributed by atoms with Crippen LogP contribution in [0, 0.1) is 5.41 Å². The quantitative estimate of drug-likeness (QED) is 0.593. The van der Waals surface area contributed by atoms with Crippen LogP contribution in [0.2, 0.25) is 10.0 Å². The lowest BCUT2D eigenvalue weighted by Crippen LogP contribution is -2.37. The van der Waals surface area contributed by atoms with Gasteiger partial charge in [-0.15, -0.1) is 0 Å². The van der Waals surface area contributed by atoms with E-state index in [4.69, 9.17) is 23.2 Å². The van der Waals surface area contributed by atoms with Crippen LogP contribution in [0.25, 0.3) is 6.08 Å². The SMILES string of the molecule is CC(C)(C)C/C(=C\c1ccc(Cl)cc1Cl)NC(=O)[C@@H](NC=O)c1ccccc1. The minimum atomic E-state index is -0.789. The maximum absolute atomic E-state index is 12.9. The average molecular weight is 419 g/mol. The van der Waals surface area contributed by atoms with Crippen molar-refractivity contribution in [1.82, 2.24) is 10.6 Å². The van der Waals surface area contributed by atoms with Gasteiger partial charge in [0.25, 0.3) is 5.91 Å². The van der Waals surface area contributed by atoms with Gasteiger partial charge in [-0.05, 0) is 41.2 Å². The van der Waals surface area contributed by atoms with Gasteiger partial charge in [0, 0.05) is 15.7 Å². The first-order valence-corrected chi connectivity index (χ1v) is 9.66. The number of halogens is 2. The normalized spacial score (nSPS) is 13.0. The van der Waals surface area contributed by atoms with E-state index in [-0.39, 0.29) is 11.3 Å². The van der Waals surface area contributed by atoms with Gasteiger partial charge in [-0.3, -0.25) is 9.59 Å². The summed E-state index contributed by atoms with van der Waals surface area (Å²) in [5.41, 5.74) is 2.09. The fourth-order valence-corrected chi connectivity index (χ4v) is 3.24. The molecule has 148 valence electrons. The average Bonchev–Trinajstić information content (AvgIpc) is 2.61. The summed E-state index contributed by atoms with van der Waals surface area (Å²) in [6, 6.07) is 13.5. The van der Waals surface area contributed by atoms with Crippen molar-refractivity contribution < 1.29 is 9.59 Å². The Morgan fingerprint density at radius 1 is 1.11 bits per heavy atom. The summed E-state index contributed by atoms with van der Waals surface area (Å²) in [7, 11) is 0. The molecule has 6 heteroatoms. The molecule has 2 amide bonds. The lowest BCUT2D eigenvalue weighted by Gasteiger charge is -2.23. The van der Waals surface area contributed by atoms with Crippen LogP contribution in [-0.2, 0) is 9.59 Å². The fourth-order valence-electron chi connectivity index (χ4n) is 2.78. The standard InChI is InChI=1S/C22H24Cl2N2O2/c1-22(2,3)13-18(11-16-9-10-17(23)12-19(16)24)26-21(28)20(25-14-27)15-7-5-4-6-8-15/h4-12,14,20H,13H2,1-3H3,(H,25,27)(H,26,28)/b18-11+/t20-/m0/s1. The molecule has 0 fully saturated rings. The number of amides is 2. The van der Waals surface area contributed by atoms with Crippen molar-refractivity contribution in [3.63, 3.8) is 0 Å². The minimum Gasteiger partial charge on any atom is -0.343 e. The van der Waals surface area contributed by atoms with Crippen molar-refractivity contribution in [2.24, 2.45) is 5.41 Å². The summed E-state index contributed by atoms with van der Waals surface area (Å²) in [5.74, 6) is -0.320. The second-order valence-corrected chi connectivity index (χ2v) is 8.53. The molecule has 0 bridgehead atoms. The summed E-state index contributed by atoms with van der Waals surface area (Å²) >= 11 is 12.3. The van der Waals surface area contributed by atoms with Crippen molar-refractivity contribution in [2.75, 3.05) is 0 Å². The van der Waals surface area contributed by atoms with Crippen LogP contribution in [0.5, 0.6) is 0 Å². The van der Waals surface area contributed by atoms with Crippen LogP contribution >= 0.6 is 23.2 Å². The molecule has 2 N–H and O–H groups in total. The van der Waals surface area contributed by atoms with Gasteiger partial charge in [0.2, 0.25) is 6.41 Å². The zero-order valence-corrected chi connectivity index (χ0v) is 17.6. The topological polar surface area (TPSA) is 58.2 Å². The Balaban J connectivity index is 2.34. The molecular formula is C22H24Cl2N2O2. The zero-order chi connectivity index (χ0) is 20.7. The summed E-state index contributed by atoms with van der Waals surface area (Å²) < 4.78 is 0. The van der Waals surface area contributed by atoms with Crippen molar-refractivity contribution in [3.05, 3.63) is 75.4 Å². The van der Waals surface area contributed by atoms with E-state index in [0.29, 0.717) is 34.1 Å². The highest BCUT2D eigenvalue weighted by molar-refractivity contribution is 6.35. The summed E-state index contributed by atoms with van der Waals surface area (Å²) in [5, 5.41) is 6.59. The Labute approximate surface area is 175 Å². The van der Waals surface area contributed by atoms with Crippen LogP contribution in [0.3, 0.4) is 0 Å². The van der Waals surface area contributed by atoms with Crippen LogP contribution in [0.15, 0.2) is 54.2 Å². The van der Waals surface area contributed by atoms with Gasteiger partial charge in [0.1, 0.15) is 6.04 Å². The van der Waals surface area contributed by atoms with Crippen LogP contribution in [0.4, 0.5) is 0 Å². The third-order valence-electron chi connectivity index (χ3n) is 3.93. The number of carbonyl (C=O) groups is 2. The number of benzene rings is 2. The van der Waals surface area contributed by atoms with E-state index in [0.717, 1.165) is 5.56 Å². The maximum Gasteiger partial charge on any atom is 0.251 e. The van der Waals surface area contributed by atoms with Crippen LogP contribution in [0.1, 0.15) is 44.4 Å². The Morgan fingerprint density at radius 3 is 2.36 bits per heavy atom. The molecular weight excluding hydrogens is 395 g/mol. The van der Waals surface area contributed by atoms with Gasteiger partial charge in [0.05, 0.1) is 0 Å². The molecule has 2 aromatic carbocycles. The number of rotatable bonds is 7. The van der Waals surface area contributed by atoms with Crippen LogP contribution < -0.4 is 10.6 Å². The van der Waals surface area contributed by atoms with E-state index in [1.165, 1.54) is 0 Å². The van der Waals surface area contributed by atoms with E-state index in [1.54, 1.807) is 30.3 Å². The number of hydrogen-bond acceptors (Lipinski definition) is 2. The molecule has 0 spiro atoms. The van der Waals surface area contributed by atoms with E-state index in [1.807, 2.05) is 24.3 Å². The first-order chi connectivity index (χ1) is 13.2. The van der Waals surface area contributed by atoms with Crippen molar-refractivity contribution in [3.8, 4) is 0 Å². The molecule has 1 atom stereocenters. The monoisotopic (exact) mass is 418 g/mol. The molecule has 0 radical (unpaired) electrons. The van der Waals surface area contributed by atoms with E-state index >= 15 is 0 Å². The highest BCUT2D eigenvalue weighted by Gasteiger charge is 2.22. The first-order valence-electron chi connectivity index (χ1n) is 8.91. The number of hydrogen-bond donors (Lipinski definition) is 2. The lowest BCUT2D eigenvalue weighted by atomic mass is 9.89. The third kappa shape index (κ3) is 6.70. The Hall–Kier alpha value is -2.30. The number of carbonyl (C=O) groups excluding carboxylic acids is 2. The van der Waals surface area contributed by atoms with Crippen molar-refractivity contribution in [1.29, 1.82) is 0 Å². The second kappa shape index (κ2) is 9.76. The highest BCUT2D eigenvalue weighted by atomic mass is 35.5. The summed E-state index contributed by atoms with van der Waals surface area (Å²) in [4.78, 5) is 24.0. The van der Waals surface area contributed by atoms with Gasteiger partial charge in [-0.2, -0.15) is 0 Å². The molecule has 0 aliphatic heterocycles. The molecule has 2 rings (SSSR count). The smallest absolute Gasteiger partial charge is 0.251 e. The molecule has 2 aromatic rings. The first kappa shape index (κ1) is 22.0.